The van der Waals surface area contributed by atoms with Gasteiger partial charge in [-0.3, -0.25) is 0 Å². The van der Waals surface area contributed by atoms with Crippen LogP contribution in [0.4, 0.5) is 13.2 Å². The van der Waals surface area contributed by atoms with Crippen molar-refractivity contribution in [3.05, 3.63) is 24.3 Å². The molecular weight excluding hydrogens is 309 g/mol. The van der Waals surface area contributed by atoms with Crippen molar-refractivity contribution >= 4 is 0 Å². The first-order chi connectivity index (χ1) is 10.7. The van der Waals surface area contributed by atoms with E-state index in [4.69, 9.17) is 10.5 Å². The minimum absolute atomic E-state index is 0.186. The molecule has 0 radical (unpaired) electrons. The molecule has 0 saturated heterocycles. The molecule has 0 heterocycles. The number of nitrogens with two attached hydrogens (primary N) is 1. The predicted molar refractivity (Wildman–Crippen MR) is 81.4 cm³/mol. The molecule has 1 saturated carbocycles. The van der Waals surface area contributed by atoms with Crippen LogP contribution in [0, 0.1) is 11.3 Å². The lowest BCUT2D eigenvalue weighted by atomic mass is 9.58. The van der Waals surface area contributed by atoms with Crippen molar-refractivity contribution in [2.24, 2.45) is 17.1 Å². The minimum atomic E-state index is -4.68. The van der Waals surface area contributed by atoms with Crippen LogP contribution < -0.4 is 20.5 Å². The number of hydrogen-bond donors (Lipinski definition) is 2. The third-order valence-corrected chi connectivity index (χ3v) is 4.57. The normalized spacial score (nSPS) is 23.2. The number of rotatable bonds is 7. The van der Waals surface area contributed by atoms with Gasteiger partial charge in [0, 0.05) is 12.6 Å². The van der Waals surface area contributed by atoms with Crippen molar-refractivity contribution in [2.45, 2.75) is 32.7 Å². The fourth-order valence-electron chi connectivity index (χ4n) is 2.90. The van der Waals surface area contributed by atoms with Crippen LogP contribution in [0.15, 0.2) is 24.3 Å². The molecule has 0 aliphatic heterocycles. The summed E-state index contributed by atoms with van der Waals surface area (Å²) in [5.41, 5.74) is 5.91. The lowest BCUT2D eigenvalue weighted by Gasteiger charge is -2.52. The Morgan fingerprint density at radius 1 is 1.22 bits per heavy atom. The summed E-state index contributed by atoms with van der Waals surface area (Å²) in [6.45, 7) is 6.22. The molecule has 4 nitrogen and oxygen atoms in total. The smallest absolute Gasteiger partial charge is 0.492 e. The van der Waals surface area contributed by atoms with E-state index < -0.39 is 6.36 Å². The SMILES string of the molecule is CC1(C)C(CN)CC1NCCOc1ccc(OC(F)(F)F)cc1. The highest BCUT2D eigenvalue weighted by Crippen LogP contribution is 2.45. The van der Waals surface area contributed by atoms with Crippen LogP contribution in [0.2, 0.25) is 0 Å². The van der Waals surface area contributed by atoms with Crippen LogP contribution in [-0.4, -0.2) is 32.1 Å². The van der Waals surface area contributed by atoms with Gasteiger partial charge in [0.25, 0.3) is 0 Å². The number of benzene rings is 1. The maximum Gasteiger partial charge on any atom is 0.573 e. The van der Waals surface area contributed by atoms with E-state index in [2.05, 4.69) is 23.9 Å². The molecule has 2 unspecified atom stereocenters. The third kappa shape index (κ3) is 4.75. The van der Waals surface area contributed by atoms with E-state index in [1.807, 2.05) is 0 Å². The molecule has 2 atom stereocenters. The van der Waals surface area contributed by atoms with E-state index in [9.17, 15) is 13.2 Å². The quantitative estimate of drug-likeness (QED) is 0.754. The fraction of sp³-hybridized carbons (Fsp3) is 0.625. The molecule has 1 aliphatic rings. The first kappa shape index (κ1) is 17.9. The Bertz CT molecular complexity index is 503. The Morgan fingerprint density at radius 2 is 1.83 bits per heavy atom. The average Bonchev–Trinajstić information content (AvgIpc) is 2.45. The van der Waals surface area contributed by atoms with Gasteiger partial charge < -0.3 is 20.5 Å². The van der Waals surface area contributed by atoms with Gasteiger partial charge in [-0.05, 0) is 48.6 Å². The lowest BCUT2D eigenvalue weighted by molar-refractivity contribution is -0.274. The van der Waals surface area contributed by atoms with Crippen molar-refractivity contribution in [1.82, 2.24) is 5.32 Å². The van der Waals surface area contributed by atoms with Crippen molar-refractivity contribution < 1.29 is 22.6 Å². The molecule has 0 amide bonds. The van der Waals surface area contributed by atoms with Crippen LogP contribution in [0.3, 0.4) is 0 Å². The van der Waals surface area contributed by atoms with Crippen molar-refractivity contribution in [1.29, 1.82) is 0 Å². The molecule has 1 aromatic rings. The zero-order valence-corrected chi connectivity index (χ0v) is 13.3. The first-order valence-corrected chi connectivity index (χ1v) is 7.64. The van der Waals surface area contributed by atoms with Crippen molar-refractivity contribution in [2.75, 3.05) is 19.7 Å². The number of ether oxygens (including phenoxy) is 2. The number of hydrogen-bond acceptors (Lipinski definition) is 4. The lowest BCUT2D eigenvalue weighted by Crippen LogP contribution is -2.59. The zero-order chi connectivity index (χ0) is 17.1. The first-order valence-electron chi connectivity index (χ1n) is 7.64. The van der Waals surface area contributed by atoms with Gasteiger partial charge in [0.1, 0.15) is 18.1 Å². The third-order valence-electron chi connectivity index (χ3n) is 4.57. The van der Waals surface area contributed by atoms with E-state index in [0.717, 1.165) is 6.42 Å². The van der Waals surface area contributed by atoms with Crippen LogP contribution >= 0.6 is 0 Å². The molecule has 0 spiro atoms. The predicted octanol–water partition coefficient (Wildman–Crippen LogP) is 2.93. The van der Waals surface area contributed by atoms with Gasteiger partial charge in [-0.25, -0.2) is 0 Å². The molecule has 1 aliphatic carbocycles. The van der Waals surface area contributed by atoms with Crippen LogP contribution in [0.1, 0.15) is 20.3 Å². The van der Waals surface area contributed by atoms with Crippen molar-refractivity contribution in [3.63, 3.8) is 0 Å². The summed E-state index contributed by atoms with van der Waals surface area (Å²) >= 11 is 0. The maximum absolute atomic E-state index is 12.1. The van der Waals surface area contributed by atoms with Gasteiger partial charge in [0.05, 0.1) is 0 Å². The summed E-state index contributed by atoms with van der Waals surface area (Å²) in [5.74, 6) is 0.795. The van der Waals surface area contributed by atoms with E-state index in [1.54, 1.807) is 0 Å². The van der Waals surface area contributed by atoms with E-state index >= 15 is 0 Å². The highest BCUT2D eigenvalue weighted by atomic mass is 19.4. The number of halogens is 3. The Hall–Kier alpha value is -1.47. The van der Waals surface area contributed by atoms with E-state index in [1.165, 1.54) is 24.3 Å². The Balaban J connectivity index is 1.69. The monoisotopic (exact) mass is 332 g/mol. The Labute approximate surface area is 134 Å². The molecule has 1 fully saturated rings. The molecule has 7 heteroatoms. The summed E-state index contributed by atoms with van der Waals surface area (Å²) in [4.78, 5) is 0. The van der Waals surface area contributed by atoms with Gasteiger partial charge in [0.2, 0.25) is 0 Å². The van der Waals surface area contributed by atoms with E-state index in [0.29, 0.717) is 37.4 Å². The second kappa shape index (κ2) is 6.97. The Kier molecular flexibility index (Phi) is 5.41. The van der Waals surface area contributed by atoms with Gasteiger partial charge in [-0.15, -0.1) is 13.2 Å². The fourth-order valence-corrected chi connectivity index (χ4v) is 2.90. The number of alkyl halides is 3. The van der Waals surface area contributed by atoms with Gasteiger partial charge in [-0.2, -0.15) is 0 Å². The summed E-state index contributed by atoms with van der Waals surface area (Å²) < 4.78 is 45.5. The van der Waals surface area contributed by atoms with Gasteiger partial charge in [-0.1, -0.05) is 13.8 Å². The zero-order valence-electron chi connectivity index (χ0n) is 13.3. The Morgan fingerprint density at radius 3 is 2.35 bits per heavy atom. The maximum atomic E-state index is 12.1. The molecular formula is C16H23F3N2O2. The highest BCUT2D eigenvalue weighted by molar-refractivity contribution is 5.31. The molecule has 3 N–H and O–H groups in total. The summed E-state index contributed by atoms with van der Waals surface area (Å²) in [5, 5.41) is 3.43. The second-order valence-electron chi connectivity index (χ2n) is 6.36. The highest BCUT2D eigenvalue weighted by Gasteiger charge is 2.46. The van der Waals surface area contributed by atoms with Crippen LogP contribution in [-0.2, 0) is 0 Å². The van der Waals surface area contributed by atoms with Gasteiger partial charge >= 0.3 is 6.36 Å². The minimum Gasteiger partial charge on any atom is -0.492 e. The largest absolute Gasteiger partial charge is 0.573 e. The molecule has 1 aromatic carbocycles. The average molecular weight is 332 g/mol. The summed E-state index contributed by atoms with van der Waals surface area (Å²) in [6.07, 6.45) is -3.61. The molecule has 0 aromatic heterocycles. The molecule has 2 rings (SSSR count). The molecule has 0 bridgehead atoms. The summed E-state index contributed by atoms with van der Waals surface area (Å²) in [6, 6.07) is 5.80. The summed E-state index contributed by atoms with van der Waals surface area (Å²) in [7, 11) is 0. The second-order valence-corrected chi connectivity index (χ2v) is 6.36. The number of nitrogens with one attached hydrogen (secondary N) is 1. The molecule has 130 valence electrons. The van der Waals surface area contributed by atoms with E-state index in [-0.39, 0.29) is 11.2 Å². The van der Waals surface area contributed by atoms with Crippen LogP contribution in [0.25, 0.3) is 0 Å². The standard InChI is InChI=1S/C16H23F3N2O2/c1-15(2)11(10-20)9-14(15)21-7-8-22-12-3-5-13(6-4-12)23-16(17,18)19/h3-6,11,14,21H,7-10,20H2,1-2H3. The molecule has 23 heavy (non-hydrogen) atoms. The topological polar surface area (TPSA) is 56.5 Å². The van der Waals surface area contributed by atoms with Gasteiger partial charge in [0.15, 0.2) is 0 Å². The van der Waals surface area contributed by atoms with Crippen LogP contribution in [0.5, 0.6) is 11.5 Å². The van der Waals surface area contributed by atoms with Crippen molar-refractivity contribution in [3.8, 4) is 11.5 Å².